The van der Waals surface area contributed by atoms with Crippen LogP contribution < -0.4 is 5.32 Å². The van der Waals surface area contributed by atoms with Gasteiger partial charge in [0, 0.05) is 6.04 Å². The predicted molar refractivity (Wildman–Crippen MR) is 78.7 cm³/mol. The maximum atomic E-state index is 12.7. The molecular formula is C16H30N2O. The first kappa shape index (κ1) is 14.8. The molecule has 19 heavy (non-hydrogen) atoms. The van der Waals surface area contributed by atoms with Gasteiger partial charge in [-0.15, -0.1) is 0 Å². The molecule has 0 radical (unpaired) electrons. The second kappa shape index (κ2) is 6.25. The van der Waals surface area contributed by atoms with Crippen molar-refractivity contribution in [2.75, 3.05) is 0 Å². The quantitative estimate of drug-likeness (QED) is 0.829. The maximum Gasteiger partial charge on any atom is 0.241 e. The molecule has 4 unspecified atom stereocenters. The van der Waals surface area contributed by atoms with Crippen molar-refractivity contribution in [1.29, 1.82) is 0 Å². The SMILES string of the molecule is CCCCC1NC(C(C)C)N(C2CCCC2C)C1=O. The highest BCUT2D eigenvalue weighted by Gasteiger charge is 2.45. The Morgan fingerprint density at radius 1 is 1.37 bits per heavy atom. The first-order valence-electron chi connectivity index (χ1n) is 8.14. The molecule has 4 atom stereocenters. The molecule has 2 aliphatic rings. The molecule has 1 N–H and O–H groups in total. The van der Waals surface area contributed by atoms with Gasteiger partial charge >= 0.3 is 0 Å². The average molecular weight is 266 g/mol. The Balaban J connectivity index is 2.11. The zero-order valence-corrected chi connectivity index (χ0v) is 13.0. The van der Waals surface area contributed by atoms with Gasteiger partial charge in [-0.3, -0.25) is 10.1 Å². The summed E-state index contributed by atoms with van der Waals surface area (Å²) >= 11 is 0. The minimum atomic E-state index is 0.0696. The summed E-state index contributed by atoms with van der Waals surface area (Å²) in [4.78, 5) is 14.9. The average Bonchev–Trinajstić information content (AvgIpc) is 2.91. The van der Waals surface area contributed by atoms with Crippen LogP contribution in [0, 0.1) is 11.8 Å². The standard InChI is InChI=1S/C16H30N2O/c1-5-6-9-13-16(19)18(15(17-13)11(2)3)14-10-7-8-12(14)4/h11-15,17H,5-10H2,1-4H3. The number of unbranched alkanes of at least 4 members (excludes halogenated alkanes) is 1. The molecule has 3 heteroatoms. The molecular weight excluding hydrogens is 236 g/mol. The lowest BCUT2D eigenvalue weighted by Crippen LogP contribution is -2.48. The molecule has 0 aromatic heterocycles. The normalized spacial score (nSPS) is 35.6. The van der Waals surface area contributed by atoms with E-state index < -0.39 is 0 Å². The van der Waals surface area contributed by atoms with Gasteiger partial charge in [-0.1, -0.05) is 47.0 Å². The highest BCUT2D eigenvalue weighted by atomic mass is 16.2. The van der Waals surface area contributed by atoms with Gasteiger partial charge in [-0.05, 0) is 31.1 Å². The Bertz CT molecular complexity index is 316. The Labute approximate surface area is 118 Å². The van der Waals surface area contributed by atoms with E-state index in [1.165, 1.54) is 19.3 Å². The summed E-state index contributed by atoms with van der Waals surface area (Å²) in [7, 11) is 0. The van der Waals surface area contributed by atoms with Crippen LogP contribution in [0.1, 0.15) is 66.2 Å². The molecule has 110 valence electrons. The summed E-state index contributed by atoms with van der Waals surface area (Å²) in [5.41, 5.74) is 0. The van der Waals surface area contributed by atoms with Crippen molar-refractivity contribution < 1.29 is 4.79 Å². The van der Waals surface area contributed by atoms with Crippen LogP contribution in [0.15, 0.2) is 0 Å². The first-order valence-corrected chi connectivity index (χ1v) is 8.14. The number of hydrogen-bond acceptors (Lipinski definition) is 2. The Morgan fingerprint density at radius 3 is 2.63 bits per heavy atom. The Morgan fingerprint density at radius 2 is 2.11 bits per heavy atom. The zero-order chi connectivity index (χ0) is 14.0. The molecule has 2 fully saturated rings. The van der Waals surface area contributed by atoms with Gasteiger partial charge in [0.15, 0.2) is 0 Å². The van der Waals surface area contributed by atoms with Crippen molar-refractivity contribution in [3.05, 3.63) is 0 Å². The van der Waals surface area contributed by atoms with Crippen molar-refractivity contribution in [1.82, 2.24) is 10.2 Å². The van der Waals surface area contributed by atoms with Crippen molar-refractivity contribution >= 4 is 5.91 Å². The van der Waals surface area contributed by atoms with Crippen molar-refractivity contribution in [2.24, 2.45) is 11.8 Å². The largest absolute Gasteiger partial charge is 0.322 e. The number of nitrogens with one attached hydrogen (secondary N) is 1. The summed E-state index contributed by atoms with van der Waals surface area (Å²) in [5, 5.41) is 3.60. The third kappa shape index (κ3) is 2.96. The highest BCUT2D eigenvalue weighted by Crippen LogP contribution is 2.34. The molecule has 0 bridgehead atoms. The van der Waals surface area contributed by atoms with Crippen LogP contribution in [0.25, 0.3) is 0 Å². The minimum Gasteiger partial charge on any atom is -0.322 e. The third-order valence-electron chi connectivity index (χ3n) is 4.88. The van der Waals surface area contributed by atoms with E-state index in [0.29, 0.717) is 23.8 Å². The molecule has 3 nitrogen and oxygen atoms in total. The molecule has 1 amide bonds. The number of carbonyl (C=O) groups is 1. The lowest BCUT2D eigenvalue weighted by Gasteiger charge is -2.34. The van der Waals surface area contributed by atoms with Gasteiger partial charge in [-0.25, -0.2) is 0 Å². The number of nitrogens with zero attached hydrogens (tertiary/aromatic N) is 1. The van der Waals surface area contributed by atoms with Crippen LogP contribution in [0.2, 0.25) is 0 Å². The van der Waals surface area contributed by atoms with E-state index in [-0.39, 0.29) is 12.2 Å². The summed E-state index contributed by atoms with van der Waals surface area (Å²) < 4.78 is 0. The zero-order valence-electron chi connectivity index (χ0n) is 13.0. The number of hydrogen-bond donors (Lipinski definition) is 1. The van der Waals surface area contributed by atoms with Crippen molar-refractivity contribution in [3.63, 3.8) is 0 Å². The van der Waals surface area contributed by atoms with Crippen LogP contribution >= 0.6 is 0 Å². The molecule has 0 spiro atoms. The third-order valence-corrected chi connectivity index (χ3v) is 4.88. The summed E-state index contributed by atoms with van der Waals surface area (Å²) in [5.74, 6) is 1.52. The first-order chi connectivity index (χ1) is 9.06. The molecule has 1 aliphatic carbocycles. The highest BCUT2D eigenvalue weighted by molar-refractivity contribution is 5.84. The lowest BCUT2D eigenvalue weighted by atomic mass is 10.0. The molecule has 1 heterocycles. The van der Waals surface area contributed by atoms with Crippen LogP contribution in [0.5, 0.6) is 0 Å². The van der Waals surface area contributed by atoms with E-state index in [0.717, 1.165) is 19.3 Å². The maximum absolute atomic E-state index is 12.7. The smallest absolute Gasteiger partial charge is 0.241 e. The molecule has 0 aromatic rings. The summed E-state index contributed by atoms with van der Waals surface area (Å²) in [6.45, 7) is 8.94. The molecule has 2 rings (SSSR count). The van der Waals surface area contributed by atoms with Gasteiger partial charge in [0.25, 0.3) is 0 Å². The monoisotopic (exact) mass is 266 g/mol. The Hall–Kier alpha value is -0.570. The van der Waals surface area contributed by atoms with E-state index in [4.69, 9.17) is 0 Å². The van der Waals surface area contributed by atoms with E-state index in [2.05, 4.69) is 37.9 Å². The fourth-order valence-electron chi connectivity index (χ4n) is 3.71. The fourth-order valence-corrected chi connectivity index (χ4v) is 3.71. The van der Waals surface area contributed by atoms with Crippen LogP contribution in [-0.2, 0) is 4.79 Å². The second-order valence-corrected chi connectivity index (χ2v) is 6.77. The predicted octanol–water partition coefficient (Wildman–Crippen LogP) is 3.15. The van der Waals surface area contributed by atoms with E-state index in [1.54, 1.807) is 0 Å². The van der Waals surface area contributed by atoms with Gasteiger partial charge in [-0.2, -0.15) is 0 Å². The number of rotatable bonds is 5. The van der Waals surface area contributed by atoms with E-state index in [1.807, 2.05) is 0 Å². The van der Waals surface area contributed by atoms with Gasteiger partial charge < -0.3 is 4.90 Å². The van der Waals surface area contributed by atoms with Crippen LogP contribution in [0.4, 0.5) is 0 Å². The molecule has 1 saturated heterocycles. The molecule has 1 aliphatic heterocycles. The lowest BCUT2D eigenvalue weighted by molar-refractivity contribution is -0.133. The van der Waals surface area contributed by atoms with Gasteiger partial charge in [0.1, 0.15) is 0 Å². The van der Waals surface area contributed by atoms with Crippen LogP contribution in [-0.4, -0.2) is 29.1 Å². The summed E-state index contributed by atoms with van der Waals surface area (Å²) in [6, 6.07) is 0.541. The van der Waals surface area contributed by atoms with Crippen molar-refractivity contribution in [3.8, 4) is 0 Å². The topological polar surface area (TPSA) is 32.3 Å². The van der Waals surface area contributed by atoms with E-state index in [9.17, 15) is 4.79 Å². The number of carbonyl (C=O) groups excluding carboxylic acids is 1. The van der Waals surface area contributed by atoms with Gasteiger partial charge in [0.05, 0.1) is 12.2 Å². The minimum absolute atomic E-state index is 0.0696. The second-order valence-electron chi connectivity index (χ2n) is 6.77. The van der Waals surface area contributed by atoms with Crippen molar-refractivity contribution in [2.45, 2.75) is 84.5 Å². The summed E-state index contributed by atoms with van der Waals surface area (Å²) in [6.07, 6.45) is 7.30. The Kier molecular flexibility index (Phi) is 4.88. The molecule has 1 saturated carbocycles. The fraction of sp³-hybridized carbons (Fsp3) is 0.938. The number of amides is 1. The van der Waals surface area contributed by atoms with Crippen LogP contribution in [0.3, 0.4) is 0 Å². The van der Waals surface area contributed by atoms with Gasteiger partial charge in [0.2, 0.25) is 5.91 Å². The molecule has 0 aromatic carbocycles. The van der Waals surface area contributed by atoms with E-state index >= 15 is 0 Å².